The smallest absolute Gasteiger partial charge is 0.273 e. The molecule has 4 unspecified atom stereocenters. The summed E-state index contributed by atoms with van der Waals surface area (Å²) in [6, 6.07) is 13.2. The van der Waals surface area contributed by atoms with Crippen molar-refractivity contribution >= 4 is 11.8 Å². The lowest BCUT2D eigenvalue weighted by molar-refractivity contribution is -0.138. The number of carbonyl (C=O) groups excluding carboxylic acids is 2. The van der Waals surface area contributed by atoms with E-state index in [4.69, 9.17) is 5.73 Å². The Bertz CT molecular complexity index is 934. The summed E-state index contributed by atoms with van der Waals surface area (Å²) in [4.78, 5) is 34.4. The minimum absolute atomic E-state index is 0.0145. The van der Waals surface area contributed by atoms with Crippen LogP contribution in [0.15, 0.2) is 48.7 Å². The lowest BCUT2D eigenvalue weighted by Crippen LogP contribution is -2.60. The molecule has 0 saturated carbocycles. The second kappa shape index (κ2) is 7.51. The van der Waals surface area contributed by atoms with E-state index in [0.717, 1.165) is 17.5 Å². The van der Waals surface area contributed by atoms with Crippen molar-refractivity contribution in [2.45, 2.75) is 58.3 Å². The van der Waals surface area contributed by atoms with Gasteiger partial charge in [-0.15, -0.1) is 0 Å². The summed E-state index contributed by atoms with van der Waals surface area (Å²) in [5, 5.41) is 0. The number of hydrogen-bond acceptors (Lipinski definition) is 4. The Morgan fingerprint density at radius 2 is 1.80 bits per heavy atom. The third-order valence-corrected chi connectivity index (χ3v) is 6.52. The third kappa shape index (κ3) is 3.49. The molecule has 4 rings (SSSR count). The fourth-order valence-corrected chi connectivity index (χ4v) is 4.63. The zero-order valence-electron chi connectivity index (χ0n) is 18.1. The highest BCUT2D eigenvalue weighted by Gasteiger charge is 2.53. The quantitative estimate of drug-likeness (QED) is 0.850. The molecule has 2 aromatic rings. The molecule has 2 bridgehead atoms. The van der Waals surface area contributed by atoms with Gasteiger partial charge in [0.25, 0.3) is 5.91 Å². The van der Waals surface area contributed by atoms with Crippen molar-refractivity contribution < 1.29 is 9.59 Å². The number of aromatic nitrogens is 1. The third-order valence-electron chi connectivity index (χ3n) is 6.52. The highest BCUT2D eigenvalue weighted by atomic mass is 16.2. The second-order valence-electron chi connectivity index (χ2n) is 9.54. The lowest BCUT2D eigenvalue weighted by Gasteiger charge is -2.41. The van der Waals surface area contributed by atoms with Crippen LogP contribution in [0.2, 0.25) is 0 Å². The number of amides is 2. The predicted molar refractivity (Wildman–Crippen MR) is 117 cm³/mol. The SMILES string of the molecule is CC1C2CC(CN2C(=O)C(N)C(C)(C)C)N1C(=O)c1ccc(-c2ccccc2)cn1. The largest absolute Gasteiger partial charge is 0.334 e. The van der Waals surface area contributed by atoms with Crippen molar-refractivity contribution in [3.63, 3.8) is 0 Å². The monoisotopic (exact) mass is 406 g/mol. The Labute approximate surface area is 178 Å². The van der Waals surface area contributed by atoms with Crippen LogP contribution in [-0.2, 0) is 4.79 Å². The molecule has 2 amide bonds. The van der Waals surface area contributed by atoms with Crippen LogP contribution in [0, 0.1) is 5.41 Å². The van der Waals surface area contributed by atoms with E-state index in [1.807, 2.05) is 73.9 Å². The van der Waals surface area contributed by atoms with Gasteiger partial charge in [0.1, 0.15) is 5.69 Å². The van der Waals surface area contributed by atoms with Crippen molar-refractivity contribution in [3.05, 3.63) is 54.4 Å². The fraction of sp³-hybridized carbons (Fsp3) is 0.458. The molecule has 4 atom stereocenters. The number of benzene rings is 1. The number of nitrogens with two attached hydrogens (primary N) is 1. The predicted octanol–water partition coefficient (Wildman–Crippen LogP) is 2.94. The number of fused-ring (bicyclic) bond motifs is 2. The van der Waals surface area contributed by atoms with E-state index in [1.165, 1.54) is 0 Å². The van der Waals surface area contributed by atoms with Crippen LogP contribution in [-0.4, -0.2) is 57.3 Å². The Balaban J connectivity index is 1.48. The topological polar surface area (TPSA) is 79.5 Å². The maximum atomic E-state index is 13.2. The molecule has 6 nitrogen and oxygen atoms in total. The first kappa shape index (κ1) is 20.5. The van der Waals surface area contributed by atoms with Gasteiger partial charge in [-0.2, -0.15) is 0 Å². The van der Waals surface area contributed by atoms with Gasteiger partial charge in [-0.3, -0.25) is 14.6 Å². The molecule has 2 saturated heterocycles. The minimum atomic E-state index is -0.541. The van der Waals surface area contributed by atoms with Crippen molar-refractivity contribution in [1.82, 2.24) is 14.8 Å². The molecule has 2 aliphatic heterocycles. The molecule has 0 radical (unpaired) electrons. The van der Waals surface area contributed by atoms with Crippen molar-refractivity contribution in [3.8, 4) is 11.1 Å². The fourth-order valence-electron chi connectivity index (χ4n) is 4.63. The van der Waals surface area contributed by atoms with Crippen molar-refractivity contribution in [2.24, 2.45) is 11.1 Å². The van der Waals surface area contributed by atoms with Gasteiger partial charge in [0.15, 0.2) is 0 Å². The van der Waals surface area contributed by atoms with E-state index < -0.39 is 6.04 Å². The van der Waals surface area contributed by atoms with Gasteiger partial charge >= 0.3 is 0 Å². The highest BCUT2D eigenvalue weighted by molar-refractivity contribution is 5.94. The van der Waals surface area contributed by atoms with Gasteiger partial charge in [0, 0.05) is 18.3 Å². The number of likely N-dealkylation sites (tertiary alicyclic amines) is 2. The number of carbonyl (C=O) groups is 2. The molecule has 0 aliphatic carbocycles. The first-order valence-electron chi connectivity index (χ1n) is 10.6. The van der Waals surface area contributed by atoms with Crippen LogP contribution >= 0.6 is 0 Å². The summed E-state index contributed by atoms with van der Waals surface area (Å²) >= 11 is 0. The molecule has 6 heteroatoms. The molecule has 0 spiro atoms. The second-order valence-corrected chi connectivity index (χ2v) is 9.54. The standard InChI is InChI=1S/C24H30N4O2/c1-15-20-12-18(14-27(20)23(30)21(25)24(2,3)4)28(15)22(29)19-11-10-17(13-26-19)16-8-6-5-7-9-16/h5-11,13,15,18,20-21H,12,14,25H2,1-4H3. The van der Waals surface area contributed by atoms with Gasteiger partial charge in [-0.1, -0.05) is 57.2 Å². The highest BCUT2D eigenvalue weighted by Crippen LogP contribution is 2.38. The van der Waals surface area contributed by atoms with E-state index >= 15 is 0 Å². The molecule has 158 valence electrons. The zero-order chi connectivity index (χ0) is 21.6. The number of piperazine rings is 1. The summed E-state index contributed by atoms with van der Waals surface area (Å²) in [5.41, 5.74) is 8.42. The van der Waals surface area contributed by atoms with Crippen LogP contribution in [0.25, 0.3) is 11.1 Å². The Kier molecular flexibility index (Phi) is 5.14. The molecule has 2 aliphatic rings. The normalized spacial score (nSPS) is 24.2. The molecule has 3 heterocycles. The van der Waals surface area contributed by atoms with Crippen molar-refractivity contribution in [2.75, 3.05) is 6.54 Å². The molecular formula is C24H30N4O2. The number of rotatable bonds is 3. The summed E-state index contributed by atoms with van der Waals surface area (Å²) in [5.74, 6) is -0.0823. The average Bonchev–Trinajstić information content (AvgIpc) is 3.30. The molecule has 2 fully saturated rings. The Hall–Kier alpha value is -2.73. The number of nitrogens with zero attached hydrogens (tertiary/aromatic N) is 3. The minimum Gasteiger partial charge on any atom is -0.334 e. The molecule has 2 N–H and O–H groups in total. The van der Waals surface area contributed by atoms with Crippen LogP contribution in [0.5, 0.6) is 0 Å². The molecular weight excluding hydrogens is 376 g/mol. The van der Waals surface area contributed by atoms with Crippen LogP contribution in [0.1, 0.15) is 44.6 Å². The van der Waals surface area contributed by atoms with Gasteiger partial charge in [-0.25, -0.2) is 0 Å². The van der Waals surface area contributed by atoms with Crippen LogP contribution in [0.4, 0.5) is 0 Å². The van der Waals surface area contributed by atoms with Gasteiger partial charge in [0.2, 0.25) is 5.91 Å². The lowest BCUT2D eigenvalue weighted by atomic mass is 9.86. The number of hydrogen-bond donors (Lipinski definition) is 1. The van der Waals surface area contributed by atoms with Crippen LogP contribution in [0.3, 0.4) is 0 Å². The van der Waals surface area contributed by atoms with Crippen molar-refractivity contribution in [1.29, 1.82) is 0 Å². The summed E-state index contributed by atoms with van der Waals surface area (Å²) in [7, 11) is 0. The molecule has 1 aromatic carbocycles. The summed E-state index contributed by atoms with van der Waals surface area (Å²) < 4.78 is 0. The Morgan fingerprint density at radius 1 is 1.10 bits per heavy atom. The summed E-state index contributed by atoms with van der Waals surface area (Å²) in [6.07, 6.45) is 2.55. The van der Waals surface area contributed by atoms with E-state index in [2.05, 4.69) is 4.98 Å². The van der Waals surface area contributed by atoms with E-state index in [1.54, 1.807) is 12.3 Å². The average molecular weight is 407 g/mol. The van der Waals surface area contributed by atoms with Gasteiger partial charge in [0.05, 0.1) is 24.2 Å². The maximum absolute atomic E-state index is 13.2. The Morgan fingerprint density at radius 3 is 2.37 bits per heavy atom. The van der Waals surface area contributed by atoms with E-state index in [0.29, 0.717) is 12.2 Å². The first-order chi connectivity index (χ1) is 14.2. The maximum Gasteiger partial charge on any atom is 0.273 e. The first-order valence-corrected chi connectivity index (χ1v) is 10.6. The van der Waals surface area contributed by atoms with Gasteiger partial charge in [-0.05, 0) is 30.4 Å². The van der Waals surface area contributed by atoms with Gasteiger partial charge < -0.3 is 15.5 Å². The number of pyridine rings is 1. The molecule has 30 heavy (non-hydrogen) atoms. The summed E-state index contributed by atoms with van der Waals surface area (Å²) in [6.45, 7) is 8.50. The van der Waals surface area contributed by atoms with E-state index in [9.17, 15) is 9.59 Å². The van der Waals surface area contributed by atoms with Crippen LogP contribution < -0.4 is 5.73 Å². The molecule has 1 aromatic heterocycles. The van der Waals surface area contributed by atoms with E-state index in [-0.39, 0.29) is 35.4 Å². The zero-order valence-corrected chi connectivity index (χ0v) is 18.1.